The molecule has 0 amide bonds. The van der Waals surface area contributed by atoms with Crippen LogP contribution in [-0.4, -0.2) is 15.5 Å². The van der Waals surface area contributed by atoms with E-state index in [-0.39, 0.29) is 17.5 Å². The highest BCUT2D eigenvalue weighted by Crippen LogP contribution is 2.31. The highest BCUT2D eigenvalue weighted by Gasteiger charge is 2.34. The number of benzene rings is 1. The van der Waals surface area contributed by atoms with E-state index >= 15 is 0 Å². The topological polar surface area (TPSA) is 49.8 Å². The Kier molecular flexibility index (Phi) is 5.03. The van der Waals surface area contributed by atoms with Crippen molar-refractivity contribution in [2.75, 3.05) is 10.6 Å². The normalized spacial score (nSPS) is 12.2. The van der Waals surface area contributed by atoms with E-state index in [9.17, 15) is 17.6 Å². The molecule has 1 heterocycles. The lowest BCUT2D eigenvalue weighted by molar-refractivity contribution is -0.141. The standard InChI is InChI=1S/C15H15BrF4N4/c1-14(2,3)24-13-22-11(15(18,19)20)7-12(23-13)21-10-5-4-8(16)6-9(10)17/h4-7H,1-3H3,(H2,21,22,23,24). The fraction of sp³-hybridized carbons (Fsp3) is 0.333. The van der Waals surface area contributed by atoms with Crippen LogP contribution in [0.2, 0.25) is 0 Å². The van der Waals surface area contributed by atoms with Crippen molar-refractivity contribution >= 4 is 33.4 Å². The molecule has 0 bridgehead atoms. The van der Waals surface area contributed by atoms with Gasteiger partial charge >= 0.3 is 6.18 Å². The summed E-state index contributed by atoms with van der Waals surface area (Å²) < 4.78 is 53.5. The molecule has 130 valence electrons. The van der Waals surface area contributed by atoms with Gasteiger partial charge in [-0.05, 0) is 39.0 Å². The zero-order valence-electron chi connectivity index (χ0n) is 13.1. The fourth-order valence-corrected chi connectivity index (χ4v) is 2.11. The Hall–Kier alpha value is -1.90. The van der Waals surface area contributed by atoms with E-state index in [1.807, 2.05) is 0 Å². The zero-order chi connectivity index (χ0) is 18.1. The Labute approximate surface area is 144 Å². The second kappa shape index (κ2) is 6.54. The summed E-state index contributed by atoms with van der Waals surface area (Å²) in [7, 11) is 0. The highest BCUT2D eigenvalue weighted by molar-refractivity contribution is 9.10. The summed E-state index contributed by atoms with van der Waals surface area (Å²) in [6.07, 6.45) is -4.65. The predicted molar refractivity (Wildman–Crippen MR) is 87.8 cm³/mol. The molecule has 0 radical (unpaired) electrons. The van der Waals surface area contributed by atoms with Crippen LogP contribution in [0.15, 0.2) is 28.7 Å². The Morgan fingerprint density at radius 2 is 1.71 bits per heavy atom. The van der Waals surface area contributed by atoms with Crippen molar-refractivity contribution in [1.82, 2.24) is 9.97 Å². The van der Waals surface area contributed by atoms with Gasteiger partial charge in [-0.2, -0.15) is 18.2 Å². The van der Waals surface area contributed by atoms with Crippen LogP contribution in [0.25, 0.3) is 0 Å². The Balaban J connectivity index is 2.42. The van der Waals surface area contributed by atoms with Gasteiger partial charge in [-0.3, -0.25) is 0 Å². The minimum Gasteiger partial charge on any atom is -0.350 e. The van der Waals surface area contributed by atoms with Gasteiger partial charge in [-0.1, -0.05) is 15.9 Å². The van der Waals surface area contributed by atoms with E-state index in [1.54, 1.807) is 26.8 Å². The molecule has 0 fully saturated rings. The van der Waals surface area contributed by atoms with E-state index < -0.39 is 23.2 Å². The molecule has 0 aliphatic rings. The molecule has 0 aliphatic carbocycles. The van der Waals surface area contributed by atoms with E-state index in [0.29, 0.717) is 4.47 Å². The van der Waals surface area contributed by atoms with E-state index in [1.165, 1.54) is 12.1 Å². The van der Waals surface area contributed by atoms with Gasteiger partial charge in [-0.15, -0.1) is 0 Å². The Morgan fingerprint density at radius 3 is 2.25 bits per heavy atom. The molecule has 2 rings (SSSR count). The van der Waals surface area contributed by atoms with Crippen LogP contribution in [-0.2, 0) is 6.18 Å². The van der Waals surface area contributed by atoms with Crippen LogP contribution in [0.4, 0.5) is 35.0 Å². The second-order valence-corrected chi connectivity index (χ2v) is 7.00. The average molecular weight is 407 g/mol. The maximum Gasteiger partial charge on any atom is 0.433 e. The third-order valence-corrected chi connectivity index (χ3v) is 3.19. The largest absolute Gasteiger partial charge is 0.433 e. The molecular weight excluding hydrogens is 392 g/mol. The van der Waals surface area contributed by atoms with E-state index in [0.717, 1.165) is 6.07 Å². The predicted octanol–water partition coefficient (Wildman–Crippen LogP) is 5.35. The minimum atomic E-state index is -4.65. The molecule has 2 aromatic rings. The molecule has 0 spiro atoms. The van der Waals surface area contributed by atoms with Gasteiger partial charge in [-0.25, -0.2) is 9.37 Å². The maximum absolute atomic E-state index is 13.9. The third kappa shape index (κ3) is 5.05. The average Bonchev–Trinajstić information content (AvgIpc) is 2.39. The van der Waals surface area contributed by atoms with Crippen LogP contribution in [0.3, 0.4) is 0 Å². The number of hydrogen-bond acceptors (Lipinski definition) is 4. The lowest BCUT2D eigenvalue weighted by Gasteiger charge is -2.21. The van der Waals surface area contributed by atoms with Gasteiger partial charge < -0.3 is 10.6 Å². The number of rotatable bonds is 3. The quantitative estimate of drug-likeness (QED) is 0.674. The first kappa shape index (κ1) is 18.4. The number of hydrogen-bond donors (Lipinski definition) is 2. The maximum atomic E-state index is 13.9. The van der Waals surface area contributed by atoms with Crippen LogP contribution in [0.1, 0.15) is 26.5 Å². The number of aromatic nitrogens is 2. The molecule has 4 nitrogen and oxygen atoms in total. The first-order valence-electron chi connectivity index (χ1n) is 6.90. The number of nitrogens with zero attached hydrogens (tertiary/aromatic N) is 2. The van der Waals surface area contributed by atoms with Gasteiger partial charge in [0.15, 0.2) is 5.69 Å². The number of nitrogens with one attached hydrogen (secondary N) is 2. The first-order valence-corrected chi connectivity index (χ1v) is 7.70. The molecule has 0 saturated heterocycles. The number of alkyl halides is 3. The fourth-order valence-electron chi connectivity index (χ4n) is 1.78. The summed E-state index contributed by atoms with van der Waals surface area (Å²) in [5.74, 6) is -0.982. The van der Waals surface area contributed by atoms with Crippen molar-refractivity contribution in [2.24, 2.45) is 0 Å². The van der Waals surface area contributed by atoms with E-state index in [4.69, 9.17) is 0 Å². The molecule has 2 N–H and O–H groups in total. The Morgan fingerprint density at radius 1 is 1.04 bits per heavy atom. The van der Waals surface area contributed by atoms with Crippen molar-refractivity contribution in [3.8, 4) is 0 Å². The third-order valence-electron chi connectivity index (χ3n) is 2.70. The Bertz CT molecular complexity index is 741. The molecule has 1 aromatic carbocycles. The summed E-state index contributed by atoms with van der Waals surface area (Å²) >= 11 is 3.11. The summed E-state index contributed by atoms with van der Waals surface area (Å²) in [4.78, 5) is 7.46. The smallest absolute Gasteiger partial charge is 0.350 e. The first-order chi connectivity index (χ1) is 10.9. The molecule has 0 aliphatic heterocycles. The molecule has 0 unspecified atom stereocenters. The zero-order valence-corrected chi connectivity index (χ0v) is 14.7. The lowest BCUT2D eigenvalue weighted by Crippen LogP contribution is -2.28. The molecule has 9 heteroatoms. The highest BCUT2D eigenvalue weighted by atomic mass is 79.9. The van der Waals surface area contributed by atoms with Gasteiger partial charge in [0.2, 0.25) is 5.95 Å². The van der Waals surface area contributed by atoms with Crippen molar-refractivity contribution in [1.29, 1.82) is 0 Å². The molecule has 24 heavy (non-hydrogen) atoms. The van der Waals surface area contributed by atoms with Crippen molar-refractivity contribution in [2.45, 2.75) is 32.5 Å². The summed E-state index contributed by atoms with van der Waals surface area (Å²) in [6.45, 7) is 5.29. The van der Waals surface area contributed by atoms with Crippen LogP contribution >= 0.6 is 15.9 Å². The monoisotopic (exact) mass is 406 g/mol. The summed E-state index contributed by atoms with van der Waals surface area (Å²) in [6, 6.07) is 4.88. The number of halogens is 5. The van der Waals surface area contributed by atoms with Crippen molar-refractivity contribution in [3.63, 3.8) is 0 Å². The summed E-state index contributed by atoms with van der Waals surface area (Å²) in [5, 5.41) is 5.33. The van der Waals surface area contributed by atoms with Gasteiger partial charge in [0.25, 0.3) is 0 Å². The SMILES string of the molecule is CC(C)(C)Nc1nc(Nc2ccc(Br)cc2F)cc(C(F)(F)F)n1. The lowest BCUT2D eigenvalue weighted by atomic mass is 10.1. The van der Waals surface area contributed by atoms with E-state index in [2.05, 4.69) is 36.5 Å². The van der Waals surface area contributed by atoms with Gasteiger partial charge in [0.1, 0.15) is 11.6 Å². The van der Waals surface area contributed by atoms with Crippen LogP contribution in [0, 0.1) is 5.82 Å². The molecular formula is C15H15BrF4N4. The van der Waals surface area contributed by atoms with Gasteiger partial charge in [0, 0.05) is 16.1 Å². The van der Waals surface area contributed by atoms with Crippen LogP contribution in [0.5, 0.6) is 0 Å². The summed E-state index contributed by atoms with van der Waals surface area (Å²) in [5.41, 5.74) is -1.65. The number of anilines is 3. The molecule has 0 atom stereocenters. The molecule has 0 saturated carbocycles. The second-order valence-electron chi connectivity index (χ2n) is 6.08. The van der Waals surface area contributed by atoms with Gasteiger partial charge in [0.05, 0.1) is 5.69 Å². The van der Waals surface area contributed by atoms with Crippen molar-refractivity contribution < 1.29 is 17.6 Å². The van der Waals surface area contributed by atoms with Crippen LogP contribution < -0.4 is 10.6 Å². The molecule has 1 aromatic heterocycles. The van der Waals surface area contributed by atoms with Crippen molar-refractivity contribution in [3.05, 3.63) is 40.2 Å². The minimum absolute atomic E-state index is 0.00623.